The van der Waals surface area contributed by atoms with Crippen molar-refractivity contribution in [1.82, 2.24) is 34.8 Å². The number of amides is 1. The van der Waals surface area contributed by atoms with Crippen molar-refractivity contribution in [2.45, 2.75) is 57.0 Å². The van der Waals surface area contributed by atoms with Gasteiger partial charge in [-0.15, -0.1) is 0 Å². The van der Waals surface area contributed by atoms with Crippen LogP contribution < -0.4 is 16.2 Å². The quantitative estimate of drug-likeness (QED) is 0.165. The molecule has 0 spiro atoms. The third-order valence-corrected chi connectivity index (χ3v) is 6.33. The van der Waals surface area contributed by atoms with Crippen molar-refractivity contribution in [3.05, 3.63) is 34.9 Å². The minimum atomic E-state index is -2.20. The smallest absolute Gasteiger partial charge is 0.388 e. The zero-order valence-electron chi connectivity index (χ0n) is 20.1. The van der Waals surface area contributed by atoms with Gasteiger partial charge in [0.25, 0.3) is 5.56 Å². The van der Waals surface area contributed by atoms with Gasteiger partial charge >= 0.3 is 9.68 Å². The van der Waals surface area contributed by atoms with Crippen molar-refractivity contribution >= 4 is 31.4 Å². The first-order valence-electron chi connectivity index (χ1n) is 12.1. The number of nitrogens with zero attached hydrogens (tertiary/aromatic N) is 4. The molecule has 3 aromatic heterocycles. The highest BCUT2D eigenvalue weighted by Crippen LogP contribution is 2.31. The fourth-order valence-corrected chi connectivity index (χ4v) is 4.48. The highest BCUT2D eigenvalue weighted by molar-refractivity contribution is 7.23. The van der Waals surface area contributed by atoms with Gasteiger partial charge in [0.1, 0.15) is 12.3 Å². The van der Waals surface area contributed by atoms with Crippen LogP contribution >= 0.6 is 8.41 Å². The Morgan fingerprint density at radius 1 is 1.34 bits per heavy atom. The number of ether oxygens (including phenoxy) is 1. The maximum Gasteiger partial charge on any atom is 0.388 e. The molecule has 1 amide bonds. The van der Waals surface area contributed by atoms with E-state index in [-0.39, 0.29) is 24.0 Å². The summed E-state index contributed by atoms with van der Waals surface area (Å²) in [5, 5.41) is 16.2. The van der Waals surface area contributed by atoms with Gasteiger partial charge in [-0.05, 0) is 12.8 Å². The average molecular weight is 508 g/mol. The molecule has 0 saturated carbocycles. The number of anilines is 1. The number of carbonyl (C=O) groups is 1. The number of carbonyl (C=O) groups excluding carboxylic acids is 1. The summed E-state index contributed by atoms with van der Waals surface area (Å²) in [7, 11) is -2.20. The molecular formula is C21H30N8O5P+. The van der Waals surface area contributed by atoms with Gasteiger partial charge in [-0.25, -0.2) is 9.97 Å². The number of rotatable bonds is 13. The van der Waals surface area contributed by atoms with Gasteiger partial charge < -0.3 is 25.5 Å². The molecule has 4 rings (SSSR count). The minimum absolute atomic E-state index is 0.0366. The maximum atomic E-state index is 12.5. The number of nitrogens with one attached hydrogen (secondary N) is 4. The Labute approximate surface area is 203 Å². The molecule has 4 heterocycles. The van der Waals surface area contributed by atoms with E-state index < -0.39 is 32.4 Å². The maximum absolute atomic E-state index is 12.5. The minimum Gasteiger partial charge on any atom is -0.390 e. The second-order valence-corrected chi connectivity index (χ2v) is 9.05. The molecule has 0 aromatic carbocycles. The molecule has 3 aromatic rings. The van der Waals surface area contributed by atoms with Gasteiger partial charge in [0.15, 0.2) is 17.3 Å². The van der Waals surface area contributed by atoms with E-state index in [1.165, 1.54) is 6.33 Å². The topological polar surface area (TPSA) is 180 Å². The van der Waals surface area contributed by atoms with E-state index in [1.54, 1.807) is 17.1 Å². The molecule has 14 heteroatoms. The Hall–Kier alpha value is -3.15. The summed E-state index contributed by atoms with van der Waals surface area (Å²) in [6.45, 7) is 1.22. The summed E-state index contributed by atoms with van der Waals surface area (Å²) in [5.41, 5.74) is 0.867. The number of aromatic amines is 2. The van der Waals surface area contributed by atoms with Crippen LogP contribution in [0.2, 0.25) is 0 Å². The van der Waals surface area contributed by atoms with Crippen molar-refractivity contribution < 1.29 is 19.2 Å². The van der Waals surface area contributed by atoms with E-state index >= 15 is 0 Å². The monoisotopic (exact) mass is 507 g/mol. The lowest BCUT2D eigenvalue weighted by atomic mass is 10.2. The van der Waals surface area contributed by atoms with Gasteiger partial charge in [0, 0.05) is 31.4 Å². The van der Waals surface area contributed by atoms with Crippen LogP contribution in [-0.2, 0) is 20.5 Å². The Balaban J connectivity index is 1.21. The lowest BCUT2D eigenvalue weighted by Gasteiger charge is -2.13. The second kappa shape index (κ2) is 12.0. The van der Waals surface area contributed by atoms with Crippen LogP contribution in [0, 0.1) is 0 Å². The first-order chi connectivity index (χ1) is 17.4. The zero-order valence-corrected chi connectivity index (χ0v) is 20.0. The number of fused-ring (bicyclic) bond motifs is 1. The highest BCUT2D eigenvalue weighted by atomic mass is 31.1. The number of H-pyrrole nitrogens is 2. The summed E-state index contributed by atoms with van der Waals surface area (Å²) < 4.78 is 25.8. The van der Waals surface area contributed by atoms with Crippen LogP contribution in [0.3, 0.4) is 0 Å². The van der Waals surface area contributed by atoms with Gasteiger partial charge in [0.2, 0.25) is 11.9 Å². The van der Waals surface area contributed by atoms with E-state index in [4.69, 9.17) is 6.02 Å². The molecular weight excluding hydrogens is 475 g/mol. The normalized spacial score (nSPS) is 20.7. The number of aromatic nitrogens is 6. The van der Waals surface area contributed by atoms with Crippen LogP contribution in [0.15, 0.2) is 23.6 Å². The highest BCUT2D eigenvalue weighted by Gasteiger charge is 2.37. The van der Waals surface area contributed by atoms with Gasteiger partial charge in [-0.1, -0.05) is 17.4 Å². The molecule has 1 aliphatic rings. The largest absolute Gasteiger partial charge is 0.390 e. The molecule has 0 radical (unpaired) electrons. The van der Waals surface area contributed by atoms with E-state index in [2.05, 4.69) is 35.6 Å². The predicted octanol–water partition coefficient (Wildman–Crippen LogP) is 0.846. The van der Waals surface area contributed by atoms with E-state index in [9.17, 15) is 19.3 Å². The zero-order chi connectivity index (χ0) is 25.5. The molecule has 4 atom stereocenters. The Morgan fingerprint density at radius 2 is 2.17 bits per heavy atom. The van der Waals surface area contributed by atoms with Crippen LogP contribution in [0.25, 0.3) is 11.2 Å². The first-order valence-corrected chi connectivity index (χ1v) is 12.6. The molecule has 4 unspecified atom stereocenters. The molecule has 35 heavy (non-hydrogen) atoms. The first kappa shape index (κ1) is 23.6. The molecule has 188 valence electrons. The predicted molar refractivity (Wildman–Crippen MR) is 129 cm³/mol. The summed E-state index contributed by atoms with van der Waals surface area (Å²) in [4.78, 5) is 42.4. The number of aliphatic hydroxyl groups is 1. The molecule has 0 aliphatic carbocycles. The third kappa shape index (κ3) is 6.50. The summed E-state index contributed by atoms with van der Waals surface area (Å²) >= 11 is 0. The van der Waals surface area contributed by atoms with Crippen LogP contribution in [0.5, 0.6) is 0 Å². The van der Waals surface area contributed by atoms with Crippen molar-refractivity contribution in [1.29, 1.82) is 1.28 Å². The van der Waals surface area contributed by atoms with Crippen LogP contribution in [0.1, 0.15) is 44.0 Å². The lowest BCUT2D eigenvalue weighted by Crippen LogP contribution is -2.26. The Bertz CT molecular complexity index is 1230. The fourth-order valence-electron chi connectivity index (χ4n) is 4.00. The molecule has 1 fully saturated rings. The summed E-state index contributed by atoms with van der Waals surface area (Å²) in [5.74, 6) is 0.273. The van der Waals surface area contributed by atoms with Crippen LogP contribution in [0.4, 0.5) is 5.95 Å². The number of unbranched alkanes of at least 4 members (excludes halogenated alkanes) is 3. The molecule has 1 saturated heterocycles. The summed E-state index contributed by atoms with van der Waals surface area (Å²) in [6, 6.07) is 0. The van der Waals surface area contributed by atoms with Crippen molar-refractivity contribution in [2.24, 2.45) is 0 Å². The molecule has 0 bridgehead atoms. The number of hydrogen-bond acceptors (Lipinski definition) is 9. The third-order valence-electron chi connectivity index (χ3n) is 5.83. The van der Waals surface area contributed by atoms with E-state index in [1.807, 2.05) is 0 Å². The lowest BCUT2D eigenvalue weighted by molar-refractivity contribution is -0.120. The SMILES string of the molecule is [3H][P+](=O)CC1OC(n2cnc3c(=O)[nH]c(NCCCCCCNC(=O)Cc4cnc[nH]4)nc32)CC1O. The fraction of sp³-hybridized carbons (Fsp3) is 0.571. The number of imidazole rings is 2. The van der Waals surface area contributed by atoms with Crippen molar-refractivity contribution in [3.8, 4) is 0 Å². The number of aliphatic hydroxyl groups excluding tert-OH is 1. The van der Waals surface area contributed by atoms with Gasteiger partial charge in [-0.2, -0.15) is 4.98 Å². The summed E-state index contributed by atoms with van der Waals surface area (Å²) in [6.07, 6.45) is 6.51. The molecule has 13 nitrogen and oxygen atoms in total. The van der Waals surface area contributed by atoms with Crippen molar-refractivity contribution in [3.63, 3.8) is 0 Å². The molecule has 1 aliphatic heterocycles. The average Bonchev–Trinajstić information content (AvgIpc) is 3.56. The van der Waals surface area contributed by atoms with Gasteiger partial charge in [-0.3, -0.25) is 19.1 Å². The van der Waals surface area contributed by atoms with Crippen molar-refractivity contribution in [2.75, 3.05) is 24.6 Å². The van der Waals surface area contributed by atoms with Gasteiger partial charge in [0.05, 0.1) is 25.2 Å². The van der Waals surface area contributed by atoms with E-state index in [0.717, 1.165) is 31.4 Å². The standard InChI is InChI=1S/C21H29N8O5P/c30-14-8-17(34-15(14)10-35-33)29-12-26-18-19(29)27-21(28-20(18)32)24-6-4-2-1-3-5-23-16(31)7-13-9-22-11-25-13/h9,11-12,14-15,17,30H,1-8,10H2,(H,22,25)(H,23,31)(H2,24,27,28,32)/p+1/i/hT. The van der Waals surface area contributed by atoms with E-state index in [0.29, 0.717) is 31.1 Å². The molecule has 5 N–H and O–H groups in total. The number of hydrogen-bond donors (Lipinski definition) is 5. The van der Waals surface area contributed by atoms with Crippen LogP contribution in [-0.4, -0.2) is 73.2 Å². The Kier molecular flexibility index (Phi) is 8.09. The second-order valence-electron chi connectivity index (χ2n) is 8.43. The Morgan fingerprint density at radius 3 is 2.94 bits per heavy atom.